The van der Waals surface area contributed by atoms with Crippen molar-refractivity contribution in [3.63, 3.8) is 0 Å². The van der Waals surface area contributed by atoms with Crippen LogP contribution in [0.15, 0.2) is 77.9 Å². The zero-order valence-electron chi connectivity index (χ0n) is 31.5. The van der Waals surface area contributed by atoms with Crippen LogP contribution in [-0.2, 0) is 41.5 Å². The number of amides is 4. The maximum Gasteiger partial charge on any atom is 0.335 e. The molecule has 4 N–H and O–H groups in total. The van der Waals surface area contributed by atoms with Gasteiger partial charge in [-0.25, -0.2) is 14.0 Å². The zero-order chi connectivity index (χ0) is 40.7. The van der Waals surface area contributed by atoms with Crippen LogP contribution in [0, 0.1) is 0 Å². The molecule has 4 amide bonds. The van der Waals surface area contributed by atoms with Crippen molar-refractivity contribution in [3.8, 4) is 5.75 Å². The average molecular weight is 794 g/mol. The third-order valence-corrected chi connectivity index (χ3v) is 8.48. The molecule has 2 atom stereocenters. The number of likely N-dealkylation sites (tertiary alicyclic amines) is 1. The first-order valence-corrected chi connectivity index (χ1v) is 18.4. The molecule has 3 aromatic rings. The molecule has 1 saturated heterocycles. The van der Waals surface area contributed by atoms with Gasteiger partial charge in [0.15, 0.2) is 0 Å². The number of azide groups is 1. The van der Waals surface area contributed by atoms with E-state index in [4.69, 9.17) is 34.3 Å². The highest BCUT2D eigenvalue weighted by Crippen LogP contribution is 2.24. The van der Waals surface area contributed by atoms with E-state index in [0.29, 0.717) is 75.5 Å². The normalized spacial score (nSPS) is 14.7. The second-order valence-electron chi connectivity index (χ2n) is 12.8. The molecule has 0 unspecified atom stereocenters. The number of hydrogen-bond acceptors (Lipinski definition) is 10. The Hall–Kier alpha value is -5.78. The number of ether oxygens (including phenoxy) is 5. The number of hydrogen-bond donors (Lipinski definition) is 4. The summed E-state index contributed by atoms with van der Waals surface area (Å²) < 4.78 is 41.5. The largest absolute Gasteiger partial charge is 0.491 e. The van der Waals surface area contributed by atoms with E-state index in [-0.39, 0.29) is 62.9 Å². The molecule has 3 aromatic carbocycles. The number of nitrogens with zero attached hydrogens (tertiary/aromatic N) is 4. The van der Waals surface area contributed by atoms with Gasteiger partial charge in [-0.15, -0.1) is 0 Å². The number of benzene rings is 3. The van der Waals surface area contributed by atoms with Crippen molar-refractivity contribution < 1.29 is 52.4 Å². The van der Waals surface area contributed by atoms with Gasteiger partial charge in [0.2, 0.25) is 11.8 Å². The van der Waals surface area contributed by atoms with Crippen LogP contribution in [0.2, 0.25) is 0 Å². The molecule has 306 valence electrons. The van der Waals surface area contributed by atoms with E-state index in [0.717, 1.165) is 5.56 Å². The lowest BCUT2D eigenvalue weighted by Crippen LogP contribution is -2.40. The second kappa shape index (κ2) is 24.7. The van der Waals surface area contributed by atoms with E-state index < -0.39 is 24.2 Å². The monoisotopic (exact) mass is 793 g/mol. The molecule has 1 fully saturated rings. The molecule has 1 aliphatic heterocycles. The molecule has 0 radical (unpaired) electrons. The Labute approximate surface area is 329 Å². The summed E-state index contributed by atoms with van der Waals surface area (Å²) in [5, 5.41) is 20.8. The van der Waals surface area contributed by atoms with Crippen LogP contribution in [0.25, 0.3) is 10.4 Å². The number of urea groups is 1. The van der Waals surface area contributed by atoms with Gasteiger partial charge in [-0.05, 0) is 65.2 Å². The lowest BCUT2D eigenvalue weighted by atomic mass is 10.1. The Balaban J connectivity index is 1.06. The summed E-state index contributed by atoms with van der Waals surface area (Å²) in [5.74, 6) is -1.04. The number of rotatable bonds is 25. The van der Waals surface area contributed by atoms with E-state index in [1.165, 1.54) is 29.2 Å². The van der Waals surface area contributed by atoms with E-state index >= 15 is 0 Å². The van der Waals surface area contributed by atoms with E-state index in [9.17, 15) is 23.6 Å². The van der Waals surface area contributed by atoms with Gasteiger partial charge in [-0.2, -0.15) is 0 Å². The lowest BCUT2D eigenvalue weighted by molar-refractivity contribution is -0.132. The minimum absolute atomic E-state index is 0.0330. The summed E-state index contributed by atoms with van der Waals surface area (Å²) in [6.45, 7) is 3.62. The molecule has 4 rings (SSSR count). The molecule has 0 aromatic heterocycles. The number of carbonyl (C=O) groups is 4. The van der Waals surface area contributed by atoms with Crippen LogP contribution in [0.3, 0.4) is 0 Å². The maximum absolute atomic E-state index is 14.3. The van der Waals surface area contributed by atoms with Crippen LogP contribution in [0.5, 0.6) is 5.75 Å². The Morgan fingerprint density at radius 1 is 0.789 bits per heavy atom. The summed E-state index contributed by atoms with van der Waals surface area (Å²) in [6, 6.07) is 18.7. The minimum atomic E-state index is -1.17. The van der Waals surface area contributed by atoms with Crippen molar-refractivity contribution in [3.05, 3.63) is 99.9 Å². The highest BCUT2D eigenvalue weighted by molar-refractivity contribution is 5.99. The quantitative estimate of drug-likeness (QED) is 0.0390. The minimum Gasteiger partial charge on any atom is -0.491 e. The summed E-state index contributed by atoms with van der Waals surface area (Å²) >= 11 is 0. The van der Waals surface area contributed by atoms with Gasteiger partial charge >= 0.3 is 12.0 Å². The lowest BCUT2D eigenvalue weighted by Gasteiger charge is -2.24. The second-order valence-corrected chi connectivity index (χ2v) is 12.8. The fraction of sp³-hybridized carbons (Fsp3) is 0.436. The van der Waals surface area contributed by atoms with Gasteiger partial charge in [0, 0.05) is 42.2 Å². The molecular weight excluding hydrogens is 745 g/mol. The maximum atomic E-state index is 14.3. The Morgan fingerprint density at radius 3 is 1.93 bits per heavy atom. The molecule has 1 heterocycles. The molecule has 18 heteroatoms. The summed E-state index contributed by atoms with van der Waals surface area (Å²) in [6.07, 6.45) is -0.789. The number of nitrogens with one attached hydrogen (secondary N) is 3. The van der Waals surface area contributed by atoms with Crippen LogP contribution >= 0.6 is 0 Å². The third-order valence-electron chi connectivity index (χ3n) is 8.48. The van der Waals surface area contributed by atoms with Crippen LogP contribution in [0.1, 0.15) is 34.3 Å². The Kier molecular flexibility index (Phi) is 19.0. The van der Waals surface area contributed by atoms with Gasteiger partial charge < -0.3 is 49.6 Å². The fourth-order valence-electron chi connectivity index (χ4n) is 5.56. The van der Waals surface area contributed by atoms with E-state index in [1.807, 2.05) is 0 Å². The summed E-state index contributed by atoms with van der Waals surface area (Å²) in [5.41, 5.74) is 10.9. The van der Waals surface area contributed by atoms with Gasteiger partial charge in [0.1, 0.15) is 18.5 Å². The van der Waals surface area contributed by atoms with E-state index in [2.05, 4.69) is 26.0 Å². The van der Waals surface area contributed by atoms with Crippen molar-refractivity contribution in [1.29, 1.82) is 0 Å². The molecule has 1 aliphatic rings. The van der Waals surface area contributed by atoms with Crippen LogP contribution < -0.4 is 20.7 Å². The predicted octanol–water partition coefficient (Wildman–Crippen LogP) is 4.97. The molecule has 0 spiro atoms. The standard InChI is InChI=1S/C39H48FN7O10/c40-31-24-34(27-57-35-11-5-30(6-12-35)38(50)51)47(26-31)37(49)23-28-1-7-32(8-2-28)44-39(52)45-33-9-3-29(4-10-33)25-42-36(48)13-15-53-17-19-55-21-22-56-20-18-54-16-14-43-46-41/h1-12,31,34H,13-27H2,(H,42,48)(H,50,51)(H2,44,45,52)/t31-,34-/m0/s1. The summed E-state index contributed by atoms with van der Waals surface area (Å²) in [4.78, 5) is 53.1. The highest BCUT2D eigenvalue weighted by atomic mass is 19.1. The molecule has 17 nitrogen and oxygen atoms in total. The number of anilines is 2. The zero-order valence-corrected chi connectivity index (χ0v) is 31.5. The topological polar surface area (TPSA) is 223 Å². The van der Waals surface area contributed by atoms with Crippen LogP contribution in [-0.4, -0.2) is 119 Å². The summed E-state index contributed by atoms with van der Waals surface area (Å²) in [7, 11) is 0. The Bertz CT molecular complexity index is 1760. The van der Waals surface area contributed by atoms with Gasteiger partial charge in [0.25, 0.3) is 0 Å². The fourth-order valence-corrected chi connectivity index (χ4v) is 5.56. The van der Waals surface area contributed by atoms with Crippen molar-refractivity contribution in [2.75, 3.05) is 83.2 Å². The van der Waals surface area contributed by atoms with Gasteiger partial charge in [-0.1, -0.05) is 29.4 Å². The van der Waals surface area contributed by atoms with Gasteiger partial charge in [0.05, 0.1) is 77.4 Å². The van der Waals surface area contributed by atoms with Gasteiger partial charge in [-0.3, -0.25) is 9.59 Å². The highest BCUT2D eigenvalue weighted by Gasteiger charge is 2.35. The van der Waals surface area contributed by atoms with Crippen LogP contribution in [0.4, 0.5) is 20.6 Å². The first-order chi connectivity index (χ1) is 27.7. The molecule has 0 bridgehead atoms. The number of carboxylic acids is 1. The Morgan fingerprint density at radius 2 is 1.35 bits per heavy atom. The first-order valence-electron chi connectivity index (χ1n) is 18.4. The van der Waals surface area contributed by atoms with Crippen molar-refractivity contribution in [2.45, 2.75) is 38.0 Å². The molecule has 0 aliphatic carbocycles. The SMILES string of the molecule is [N-]=[N+]=NCCOCCOCCOCCOCCC(=O)NCc1ccc(NC(=O)Nc2ccc(CC(=O)N3C[C@@H](F)C[C@H]3COc3ccc(C(=O)O)cc3)cc2)cc1. The third kappa shape index (κ3) is 16.9. The molecular formula is C39H48FN7O10. The van der Waals surface area contributed by atoms with Crippen molar-refractivity contribution in [1.82, 2.24) is 10.2 Å². The number of carbonyl (C=O) groups excluding carboxylic acids is 3. The number of carboxylic acid groups (broad SMARTS) is 1. The molecule has 0 saturated carbocycles. The number of halogens is 1. The van der Waals surface area contributed by atoms with Crippen molar-refractivity contribution >= 4 is 35.2 Å². The van der Waals surface area contributed by atoms with Crippen molar-refractivity contribution in [2.24, 2.45) is 5.11 Å². The number of aromatic carboxylic acids is 1. The average Bonchev–Trinajstić information content (AvgIpc) is 3.59. The first kappa shape index (κ1) is 43.9. The molecule has 57 heavy (non-hydrogen) atoms. The van der Waals surface area contributed by atoms with E-state index in [1.54, 1.807) is 48.5 Å². The smallest absolute Gasteiger partial charge is 0.335 e. The number of alkyl halides is 1. The predicted molar refractivity (Wildman–Crippen MR) is 207 cm³/mol.